The lowest BCUT2D eigenvalue weighted by Gasteiger charge is -2.13. The largest absolute Gasteiger partial charge is 0.490 e. The molecule has 0 atom stereocenters. The van der Waals surface area contributed by atoms with Crippen molar-refractivity contribution in [2.75, 3.05) is 0 Å². The number of halogens is 2. The zero-order chi connectivity index (χ0) is 14.7. The molecule has 2 rings (SSSR count). The number of ether oxygens (including phenoxy) is 1. The highest BCUT2D eigenvalue weighted by Crippen LogP contribution is 2.28. The lowest BCUT2D eigenvalue weighted by atomic mass is 10.0. The summed E-state index contributed by atoms with van der Waals surface area (Å²) in [7, 11) is 0. The van der Waals surface area contributed by atoms with Crippen molar-refractivity contribution in [1.29, 1.82) is 5.26 Å². The molecule has 102 valence electrons. The maximum Gasteiger partial charge on any atom is 0.138 e. The monoisotopic (exact) mass is 273 g/mol. The lowest BCUT2D eigenvalue weighted by molar-refractivity contribution is 0.242. The van der Waals surface area contributed by atoms with Gasteiger partial charge in [-0.3, -0.25) is 0 Å². The van der Waals surface area contributed by atoms with Crippen LogP contribution >= 0.6 is 0 Å². The summed E-state index contributed by atoms with van der Waals surface area (Å²) in [5.74, 6) is -0.879. The van der Waals surface area contributed by atoms with Gasteiger partial charge in [-0.2, -0.15) is 5.26 Å². The van der Waals surface area contributed by atoms with Crippen molar-refractivity contribution in [3.8, 4) is 22.9 Å². The van der Waals surface area contributed by atoms with Gasteiger partial charge in [0.1, 0.15) is 23.5 Å². The van der Waals surface area contributed by atoms with E-state index in [1.54, 1.807) is 18.2 Å². The van der Waals surface area contributed by atoms with E-state index in [2.05, 4.69) is 0 Å². The number of nitrogens with zero attached hydrogens (tertiary/aromatic N) is 1. The van der Waals surface area contributed by atoms with Gasteiger partial charge in [0.2, 0.25) is 0 Å². The molecule has 0 bridgehead atoms. The Labute approximate surface area is 116 Å². The fourth-order valence-corrected chi connectivity index (χ4v) is 1.87. The summed E-state index contributed by atoms with van der Waals surface area (Å²) in [5, 5.41) is 9.03. The zero-order valence-corrected chi connectivity index (χ0v) is 11.2. The molecular weight excluding hydrogens is 260 g/mol. The van der Waals surface area contributed by atoms with Crippen LogP contribution in [0.5, 0.6) is 5.75 Å². The Balaban J connectivity index is 2.50. The Hall–Kier alpha value is -2.41. The Morgan fingerprint density at radius 3 is 2.20 bits per heavy atom. The van der Waals surface area contributed by atoms with Gasteiger partial charge in [0, 0.05) is 6.07 Å². The molecule has 2 aromatic rings. The molecule has 20 heavy (non-hydrogen) atoms. The summed E-state index contributed by atoms with van der Waals surface area (Å²) in [6, 6.07) is 10.2. The van der Waals surface area contributed by atoms with E-state index in [0.717, 1.165) is 6.07 Å². The highest BCUT2D eigenvalue weighted by molar-refractivity contribution is 5.67. The van der Waals surface area contributed by atoms with Crippen molar-refractivity contribution in [1.82, 2.24) is 0 Å². The van der Waals surface area contributed by atoms with Crippen molar-refractivity contribution in [2.24, 2.45) is 0 Å². The number of hydrogen-bond donors (Lipinski definition) is 0. The van der Waals surface area contributed by atoms with Crippen molar-refractivity contribution >= 4 is 0 Å². The van der Waals surface area contributed by atoms with Crippen LogP contribution in [-0.4, -0.2) is 6.10 Å². The number of nitriles is 1. The van der Waals surface area contributed by atoms with Crippen LogP contribution in [0.4, 0.5) is 8.78 Å². The first-order valence-corrected chi connectivity index (χ1v) is 6.17. The standard InChI is InChI=1S/C16H13F2NO/c1-10(2)20-16-7-11(3-4-12(16)9-19)13-5-14(17)8-15(18)6-13/h3-8,10H,1-2H3. The molecule has 0 aliphatic heterocycles. The van der Waals surface area contributed by atoms with Gasteiger partial charge in [0.15, 0.2) is 0 Å². The second-order valence-corrected chi connectivity index (χ2v) is 4.65. The molecule has 0 aliphatic rings. The van der Waals surface area contributed by atoms with Gasteiger partial charge in [-0.05, 0) is 49.2 Å². The average molecular weight is 273 g/mol. The molecule has 0 saturated carbocycles. The summed E-state index contributed by atoms with van der Waals surface area (Å²) < 4.78 is 32.0. The van der Waals surface area contributed by atoms with Crippen LogP contribution in [0.25, 0.3) is 11.1 Å². The van der Waals surface area contributed by atoms with Crippen LogP contribution in [-0.2, 0) is 0 Å². The van der Waals surface area contributed by atoms with Gasteiger partial charge in [-0.25, -0.2) is 8.78 Å². The fraction of sp³-hybridized carbons (Fsp3) is 0.188. The zero-order valence-electron chi connectivity index (χ0n) is 11.2. The van der Waals surface area contributed by atoms with Gasteiger partial charge >= 0.3 is 0 Å². The topological polar surface area (TPSA) is 33.0 Å². The second-order valence-electron chi connectivity index (χ2n) is 4.65. The maximum absolute atomic E-state index is 13.2. The molecule has 0 amide bonds. The average Bonchev–Trinajstić information content (AvgIpc) is 2.36. The minimum atomic E-state index is -0.643. The lowest BCUT2D eigenvalue weighted by Crippen LogP contribution is -2.06. The molecular formula is C16H13F2NO. The predicted octanol–water partition coefficient (Wildman–Crippen LogP) is 4.29. The van der Waals surface area contributed by atoms with Crippen molar-refractivity contribution in [2.45, 2.75) is 20.0 Å². The van der Waals surface area contributed by atoms with Gasteiger partial charge in [-0.15, -0.1) is 0 Å². The summed E-state index contributed by atoms with van der Waals surface area (Å²) >= 11 is 0. The molecule has 0 aliphatic carbocycles. The van der Waals surface area contributed by atoms with E-state index in [4.69, 9.17) is 10.00 Å². The first-order valence-electron chi connectivity index (χ1n) is 6.17. The van der Waals surface area contributed by atoms with E-state index in [-0.39, 0.29) is 6.10 Å². The number of benzene rings is 2. The molecule has 0 aromatic heterocycles. The summed E-state index contributed by atoms with van der Waals surface area (Å²) in [4.78, 5) is 0. The quantitative estimate of drug-likeness (QED) is 0.835. The van der Waals surface area contributed by atoms with Gasteiger partial charge in [-0.1, -0.05) is 6.07 Å². The van der Waals surface area contributed by atoms with Gasteiger partial charge < -0.3 is 4.74 Å². The predicted molar refractivity (Wildman–Crippen MR) is 72.3 cm³/mol. The van der Waals surface area contributed by atoms with Gasteiger partial charge in [0.05, 0.1) is 11.7 Å². The molecule has 2 nitrogen and oxygen atoms in total. The van der Waals surface area contributed by atoms with E-state index in [1.165, 1.54) is 12.1 Å². The second kappa shape index (κ2) is 5.70. The fourth-order valence-electron chi connectivity index (χ4n) is 1.87. The third-order valence-electron chi connectivity index (χ3n) is 2.66. The molecule has 0 unspecified atom stereocenters. The number of hydrogen-bond acceptors (Lipinski definition) is 2. The molecule has 0 saturated heterocycles. The van der Waals surface area contributed by atoms with Crippen LogP contribution in [0.2, 0.25) is 0 Å². The van der Waals surface area contributed by atoms with Crippen LogP contribution in [0.15, 0.2) is 36.4 Å². The third kappa shape index (κ3) is 3.12. The number of rotatable bonds is 3. The summed E-state index contributed by atoms with van der Waals surface area (Å²) in [5.41, 5.74) is 1.39. The highest BCUT2D eigenvalue weighted by Gasteiger charge is 2.09. The Morgan fingerprint density at radius 2 is 1.65 bits per heavy atom. The SMILES string of the molecule is CC(C)Oc1cc(-c2cc(F)cc(F)c2)ccc1C#N. The Bertz CT molecular complexity index is 654. The maximum atomic E-state index is 13.2. The van der Waals surface area contributed by atoms with Crippen molar-refractivity contribution in [3.63, 3.8) is 0 Å². The minimum absolute atomic E-state index is 0.0957. The Kier molecular flexibility index (Phi) is 3.99. The van der Waals surface area contributed by atoms with E-state index >= 15 is 0 Å². The molecule has 2 aromatic carbocycles. The first kappa shape index (κ1) is 14.0. The molecule has 0 heterocycles. The van der Waals surface area contributed by atoms with E-state index in [0.29, 0.717) is 22.4 Å². The van der Waals surface area contributed by atoms with Crippen LogP contribution < -0.4 is 4.74 Å². The molecule has 0 N–H and O–H groups in total. The third-order valence-corrected chi connectivity index (χ3v) is 2.66. The first-order chi connectivity index (χ1) is 9.49. The minimum Gasteiger partial charge on any atom is -0.490 e. The van der Waals surface area contributed by atoms with E-state index in [9.17, 15) is 8.78 Å². The molecule has 4 heteroatoms. The highest BCUT2D eigenvalue weighted by atomic mass is 19.1. The van der Waals surface area contributed by atoms with Crippen LogP contribution in [0, 0.1) is 23.0 Å². The smallest absolute Gasteiger partial charge is 0.138 e. The molecule has 0 fully saturated rings. The van der Waals surface area contributed by atoms with E-state index in [1.807, 2.05) is 19.9 Å². The summed E-state index contributed by atoms with van der Waals surface area (Å²) in [6.07, 6.45) is -0.0957. The molecule has 0 spiro atoms. The Morgan fingerprint density at radius 1 is 1.00 bits per heavy atom. The van der Waals surface area contributed by atoms with Crippen molar-refractivity contribution < 1.29 is 13.5 Å². The van der Waals surface area contributed by atoms with Crippen molar-refractivity contribution in [3.05, 3.63) is 53.6 Å². The summed E-state index contributed by atoms with van der Waals surface area (Å²) in [6.45, 7) is 3.69. The van der Waals surface area contributed by atoms with E-state index < -0.39 is 11.6 Å². The van der Waals surface area contributed by atoms with Crippen LogP contribution in [0.1, 0.15) is 19.4 Å². The molecule has 0 radical (unpaired) electrons. The van der Waals surface area contributed by atoms with Crippen LogP contribution in [0.3, 0.4) is 0 Å². The van der Waals surface area contributed by atoms with Gasteiger partial charge in [0.25, 0.3) is 0 Å². The normalized spacial score (nSPS) is 10.4.